The molecule has 0 radical (unpaired) electrons. The molecule has 27 heavy (non-hydrogen) atoms. The summed E-state index contributed by atoms with van der Waals surface area (Å²) in [5.41, 5.74) is 2.80. The Balaban J connectivity index is 1.62. The molecule has 0 saturated carbocycles. The van der Waals surface area contributed by atoms with Crippen molar-refractivity contribution >= 4 is 11.6 Å². The number of hydrogen-bond acceptors (Lipinski definition) is 3. The maximum absolute atomic E-state index is 14.0. The number of anilines is 1. The van der Waals surface area contributed by atoms with E-state index in [1.807, 2.05) is 48.8 Å². The normalized spacial score (nSPS) is 15.6. The zero-order valence-corrected chi connectivity index (χ0v) is 16.2. The Kier molecular flexibility index (Phi) is 5.99. The smallest absolute Gasteiger partial charge is 0.263 e. The number of piperazine rings is 1. The average Bonchev–Trinajstić information content (AvgIpc) is 2.67. The zero-order chi connectivity index (χ0) is 19.4. The molecule has 1 aliphatic heterocycles. The van der Waals surface area contributed by atoms with Crippen molar-refractivity contribution in [3.05, 3.63) is 59.4 Å². The summed E-state index contributed by atoms with van der Waals surface area (Å²) < 4.78 is 20.0. The molecule has 5 heteroatoms. The number of para-hydroxylation sites is 1. The summed E-state index contributed by atoms with van der Waals surface area (Å²) in [6.07, 6.45) is 0.117. The second-order valence-electron chi connectivity index (χ2n) is 7.05. The average molecular weight is 370 g/mol. The molecule has 3 rings (SSSR count). The van der Waals surface area contributed by atoms with Gasteiger partial charge in [0.1, 0.15) is 11.6 Å². The molecule has 1 fully saturated rings. The van der Waals surface area contributed by atoms with Gasteiger partial charge in [0, 0.05) is 26.2 Å². The second kappa shape index (κ2) is 8.42. The van der Waals surface area contributed by atoms with Crippen LogP contribution in [0.15, 0.2) is 42.5 Å². The van der Waals surface area contributed by atoms with Crippen molar-refractivity contribution in [2.24, 2.45) is 0 Å². The highest BCUT2D eigenvalue weighted by molar-refractivity contribution is 5.81. The van der Waals surface area contributed by atoms with Crippen molar-refractivity contribution in [2.75, 3.05) is 31.1 Å². The number of aryl methyl sites for hydroxylation is 2. The van der Waals surface area contributed by atoms with Crippen molar-refractivity contribution < 1.29 is 13.9 Å². The van der Waals surface area contributed by atoms with E-state index in [1.165, 1.54) is 11.6 Å². The molecule has 2 aromatic carbocycles. The fourth-order valence-electron chi connectivity index (χ4n) is 3.47. The molecule has 1 saturated heterocycles. The number of halogens is 1. The number of benzene rings is 2. The van der Waals surface area contributed by atoms with Crippen molar-refractivity contribution in [3.63, 3.8) is 0 Å². The third-order valence-corrected chi connectivity index (χ3v) is 5.03. The van der Waals surface area contributed by atoms with E-state index in [0.717, 1.165) is 11.3 Å². The van der Waals surface area contributed by atoms with Crippen LogP contribution in [-0.4, -0.2) is 43.1 Å². The van der Waals surface area contributed by atoms with Gasteiger partial charge in [-0.1, -0.05) is 36.8 Å². The van der Waals surface area contributed by atoms with Crippen LogP contribution in [0.1, 0.15) is 24.5 Å². The Morgan fingerprint density at radius 1 is 1.11 bits per heavy atom. The van der Waals surface area contributed by atoms with Gasteiger partial charge in [-0.3, -0.25) is 4.79 Å². The van der Waals surface area contributed by atoms with Gasteiger partial charge in [-0.15, -0.1) is 0 Å². The zero-order valence-electron chi connectivity index (χ0n) is 16.2. The summed E-state index contributed by atoms with van der Waals surface area (Å²) in [5.74, 6) is 0.540. The Hall–Kier alpha value is -2.56. The van der Waals surface area contributed by atoms with E-state index in [2.05, 4.69) is 6.07 Å². The van der Waals surface area contributed by atoms with Crippen LogP contribution in [0.25, 0.3) is 0 Å². The summed E-state index contributed by atoms with van der Waals surface area (Å²) in [6.45, 7) is 8.36. The predicted octanol–water partition coefficient (Wildman–Crippen LogP) is 3.95. The van der Waals surface area contributed by atoms with Gasteiger partial charge in [0.05, 0.1) is 5.69 Å². The monoisotopic (exact) mass is 370 g/mol. The maximum Gasteiger partial charge on any atom is 0.263 e. The lowest BCUT2D eigenvalue weighted by Gasteiger charge is -2.37. The number of hydrogen-bond donors (Lipinski definition) is 0. The summed E-state index contributed by atoms with van der Waals surface area (Å²) in [7, 11) is 0. The van der Waals surface area contributed by atoms with Crippen LogP contribution in [0, 0.1) is 19.7 Å². The van der Waals surface area contributed by atoms with E-state index in [4.69, 9.17) is 4.74 Å². The van der Waals surface area contributed by atoms with E-state index >= 15 is 0 Å². The highest BCUT2D eigenvalue weighted by Crippen LogP contribution is 2.23. The van der Waals surface area contributed by atoms with Gasteiger partial charge in [0.2, 0.25) is 0 Å². The minimum atomic E-state index is -0.494. The fourth-order valence-corrected chi connectivity index (χ4v) is 3.47. The molecular weight excluding hydrogens is 343 g/mol. The van der Waals surface area contributed by atoms with Crippen LogP contribution in [0.2, 0.25) is 0 Å². The molecule has 0 spiro atoms. The minimum Gasteiger partial charge on any atom is -0.480 e. The highest BCUT2D eigenvalue weighted by atomic mass is 19.1. The standard InChI is InChI=1S/C22H27FN2O2/c1-4-20(27-21-10-9-16(2)15-17(21)3)22(26)25-13-11-24(12-14-25)19-8-6-5-7-18(19)23/h5-10,15,20H,4,11-14H2,1-3H3. The lowest BCUT2D eigenvalue weighted by atomic mass is 10.1. The first-order chi connectivity index (χ1) is 13.0. The van der Waals surface area contributed by atoms with E-state index in [0.29, 0.717) is 38.3 Å². The van der Waals surface area contributed by atoms with Gasteiger partial charge < -0.3 is 14.5 Å². The third kappa shape index (κ3) is 4.41. The molecule has 0 bridgehead atoms. The van der Waals surface area contributed by atoms with Gasteiger partial charge in [0.25, 0.3) is 5.91 Å². The van der Waals surface area contributed by atoms with Crippen molar-refractivity contribution in [1.82, 2.24) is 4.90 Å². The first-order valence-electron chi connectivity index (χ1n) is 9.51. The number of carbonyl (C=O) groups excluding carboxylic acids is 1. The molecule has 1 aliphatic rings. The summed E-state index contributed by atoms with van der Waals surface area (Å²) in [4.78, 5) is 16.7. The Morgan fingerprint density at radius 3 is 2.44 bits per heavy atom. The SMILES string of the molecule is CCC(Oc1ccc(C)cc1C)C(=O)N1CCN(c2ccccc2F)CC1. The molecule has 2 aromatic rings. The summed E-state index contributed by atoms with van der Waals surface area (Å²) >= 11 is 0. The van der Waals surface area contributed by atoms with E-state index < -0.39 is 6.10 Å². The second-order valence-corrected chi connectivity index (χ2v) is 7.05. The molecule has 0 aliphatic carbocycles. The van der Waals surface area contributed by atoms with Crippen molar-refractivity contribution in [3.8, 4) is 5.75 Å². The maximum atomic E-state index is 14.0. The molecular formula is C22H27FN2O2. The molecule has 1 heterocycles. The molecule has 1 amide bonds. The van der Waals surface area contributed by atoms with Crippen LogP contribution >= 0.6 is 0 Å². The van der Waals surface area contributed by atoms with Gasteiger partial charge in [-0.25, -0.2) is 4.39 Å². The minimum absolute atomic E-state index is 0.00524. The molecule has 4 nitrogen and oxygen atoms in total. The first-order valence-corrected chi connectivity index (χ1v) is 9.51. The van der Waals surface area contributed by atoms with Crippen LogP contribution in [0.4, 0.5) is 10.1 Å². The molecule has 0 aromatic heterocycles. The van der Waals surface area contributed by atoms with Gasteiger partial charge in [-0.2, -0.15) is 0 Å². The molecule has 144 valence electrons. The number of amides is 1. The largest absolute Gasteiger partial charge is 0.480 e. The van der Waals surface area contributed by atoms with Crippen LogP contribution in [0.5, 0.6) is 5.75 Å². The molecule has 0 N–H and O–H groups in total. The Bertz CT molecular complexity index is 801. The quantitative estimate of drug-likeness (QED) is 0.799. The number of nitrogens with zero attached hydrogens (tertiary/aromatic N) is 2. The third-order valence-electron chi connectivity index (χ3n) is 5.03. The summed E-state index contributed by atoms with van der Waals surface area (Å²) in [6, 6.07) is 12.8. The van der Waals surface area contributed by atoms with Crippen LogP contribution < -0.4 is 9.64 Å². The van der Waals surface area contributed by atoms with Gasteiger partial charge >= 0.3 is 0 Å². The summed E-state index contributed by atoms with van der Waals surface area (Å²) in [5, 5.41) is 0. The van der Waals surface area contributed by atoms with E-state index in [9.17, 15) is 9.18 Å². The Labute approximate surface area is 160 Å². The van der Waals surface area contributed by atoms with E-state index in [1.54, 1.807) is 12.1 Å². The van der Waals surface area contributed by atoms with Gasteiger partial charge in [0.15, 0.2) is 6.10 Å². The molecule has 1 atom stereocenters. The number of rotatable bonds is 5. The fraction of sp³-hybridized carbons (Fsp3) is 0.409. The number of carbonyl (C=O) groups is 1. The first kappa shape index (κ1) is 19.2. The van der Waals surface area contributed by atoms with Crippen LogP contribution in [-0.2, 0) is 4.79 Å². The highest BCUT2D eigenvalue weighted by Gasteiger charge is 2.28. The lowest BCUT2D eigenvalue weighted by molar-refractivity contribution is -0.139. The topological polar surface area (TPSA) is 32.8 Å². The Morgan fingerprint density at radius 2 is 1.81 bits per heavy atom. The van der Waals surface area contributed by atoms with E-state index in [-0.39, 0.29) is 11.7 Å². The van der Waals surface area contributed by atoms with Crippen molar-refractivity contribution in [2.45, 2.75) is 33.3 Å². The predicted molar refractivity (Wildman–Crippen MR) is 106 cm³/mol. The van der Waals surface area contributed by atoms with Crippen molar-refractivity contribution in [1.29, 1.82) is 0 Å². The number of ether oxygens (including phenoxy) is 1. The van der Waals surface area contributed by atoms with Crippen LogP contribution in [0.3, 0.4) is 0 Å². The lowest BCUT2D eigenvalue weighted by Crippen LogP contribution is -2.52. The van der Waals surface area contributed by atoms with Gasteiger partial charge in [-0.05, 0) is 44.0 Å². The molecule has 1 unspecified atom stereocenters.